The minimum Gasteiger partial charge on any atom is -0.463 e. The van der Waals surface area contributed by atoms with Crippen molar-refractivity contribution in [3.8, 4) is 5.75 Å². The lowest BCUT2D eigenvalue weighted by molar-refractivity contribution is -0.0574. The zero-order valence-electron chi connectivity index (χ0n) is 15.0. The van der Waals surface area contributed by atoms with Crippen LogP contribution in [-0.4, -0.2) is 46.4 Å². The van der Waals surface area contributed by atoms with Crippen LogP contribution in [-0.2, 0) is 9.47 Å². The van der Waals surface area contributed by atoms with Crippen LogP contribution >= 0.6 is 0 Å². The molecule has 0 radical (unpaired) electrons. The molecule has 8 nitrogen and oxygen atoms in total. The Balaban J connectivity index is 1.99. The molecule has 2 heterocycles. The Kier molecular flexibility index (Phi) is 4.58. The van der Waals surface area contributed by atoms with Crippen LogP contribution in [0.1, 0.15) is 38.1 Å². The fraction of sp³-hybridized carbons (Fsp3) is 0.389. The average molecular weight is 360 g/mol. The monoisotopic (exact) mass is 360 g/mol. The SMILES string of the molecule is CC(C)OC(=O)N1C=C2C(=O)c3ccccc3OC2N1C(=O)OC(C)C. The molecule has 0 fully saturated rings. The maximum atomic E-state index is 12.8. The van der Waals surface area contributed by atoms with Gasteiger partial charge in [0.25, 0.3) is 0 Å². The minimum absolute atomic E-state index is 0.158. The Labute approximate surface area is 150 Å². The van der Waals surface area contributed by atoms with E-state index in [1.165, 1.54) is 6.20 Å². The summed E-state index contributed by atoms with van der Waals surface area (Å²) in [4.78, 5) is 37.8. The van der Waals surface area contributed by atoms with E-state index in [0.29, 0.717) is 11.3 Å². The van der Waals surface area contributed by atoms with Gasteiger partial charge in [0.15, 0.2) is 5.78 Å². The second-order valence-electron chi connectivity index (χ2n) is 6.43. The molecular formula is C18H20N2O6. The number of rotatable bonds is 2. The van der Waals surface area contributed by atoms with E-state index in [1.54, 1.807) is 52.0 Å². The molecule has 0 aromatic heterocycles. The highest BCUT2D eigenvalue weighted by Gasteiger charge is 2.48. The highest BCUT2D eigenvalue weighted by molar-refractivity contribution is 6.12. The third-order valence-electron chi connectivity index (χ3n) is 3.66. The molecule has 2 aliphatic heterocycles. The van der Waals surface area contributed by atoms with Crippen LogP contribution in [0, 0.1) is 0 Å². The standard InChI is InChI=1S/C18H20N2O6/c1-10(2)24-17(22)19-9-13-15(21)12-7-5-6-8-14(12)26-16(13)20(19)18(23)25-11(3)4/h5-11,16H,1-4H3. The number of hydrogen-bond donors (Lipinski definition) is 0. The van der Waals surface area contributed by atoms with Crippen molar-refractivity contribution in [2.45, 2.75) is 46.1 Å². The topological polar surface area (TPSA) is 85.4 Å². The second-order valence-corrected chi connectivity index (χ2v) is 6.43. The number of ether oxygens (including phenoxy) is 3. The summed E-state index contributed by atoms with van der Waals surface area (Å²) in [7, 11) is 0. The van der Waals surface area contributed by atoms with Crippen molar-refractivity contribution in [3.63, 3.8) is 0 Å². The van der Waals surface area contributed by atoms with Gasteiger partial charge >= 0.3 is 12.2 Å². The molecule has 0 aliphatic carbocycles. The minimum atomic E-state index is -1.09. The van der Waals surface area contributed by atoms with Gasteiger partial charge in [-0.25, -0.2) is 9.59 Å². The zero-order chi connectivity index (χ0) is 19.0. The first-order chi connectivity index (χ1) is 12.3. The van der Waals surface area contributed by atoms with Crippen molar-refractivity contribution in [2.24, 2.45) is 0 Å². The van der Waals surface area contributed by atoms with E-state index in [1.807, 2.05) is 0 Å². The summed E-state index contributed by atoms with van der Waals surface area (Å²) in [6, 6.07) is 6.69. The molecule has 138 valence electrons. The number of amides is 2. The number of Topliss-reactive ketones (excluding diaryl/α,β-unsaturated/α-hetero) is 1. The van der Waals surface area contributed by atoms with E-state index in [9.17, 15) is 14.4 Å². The first-order valence-electron chi connectivity index (χ1n) is 8.31. The van der Waals surface area contributed by atoms with E-state index < -0.39 is 30.6 Å². The summed E-state index contributed by atoms with van der Waals surface area (Å²) < 4.78 is 16.2. The molecule has 0 N–H and O–H groups in total. The van der Waals surface area contributed by atoms with Crippen LogP contribution in [0.2, 0.25) is 0 Å². The first-order valence-corrected chi connectivity index (χ1v) is 8.31. The summed E-state index contributed by atoms with van der Waals surface area (Å²) in [5.74, 6) is 0.0140. The molecule has 0 spiro atoms. The fourth-order valence-electron chi connectivity index (χ4n) is 2.66. The maximum absolute atomic E-state index is 12.8. The lowest BCUT2D eigenvalue weighted by atomic mass is 9.99. The smallest absolute Gasteiger partial charge is 0.433 e. The van der Waals surface area contributed by atoms with Crippen LogP contribution in [0.3, 0.4) is 0 Å². The molecule has 2 aliphatic rings. The van der Waals surface area contributed by atoms with Crippen LogP contribution in [0.4, 0.5) is 9.59 Å². The molecule has 1 atom stereocenters. The number of para-hydroxylation sites is 1. The van der Waals surface area contributed by atoms with Gasteiger partial charge in [-0.1, -0.05) is 12.1 Å². The second kappa shape index (κ2) is 6.70. The first kappa shape index (κ1) is 17.8. The summed E-state index contributed by atoms with van der Waals surface area (Å²) in [5.41, 5.74) is 0.524. The number of fused-ring (bicyclic) bond motifs is 2. The number of ketones is 1. The third kappa shape index (κ3) is 3.10. The lowest BCUT2D eigenvalue weighted by Gasteiger charge is -2.33. The molecule has 0 saturated heterocycles. The van der Waals surface area contributed by atoms with Crippen molar-refractivity contribution in [1.29, 1.82) is 0 Å². The van der Waals surface area contributed by atoms with Gasteiger partial charge in [0.05, 0.1) is 23.3 Å². The van der Waals surface area contributed by atoms with Gasteiger partial charge in [0.1, 0.15) is 5.75 Å². The van der Waals surface area contributed by atoms with Crippen LogP contribution in [0.5, 0.6) is 5.75 Å². The highest BCUT2D eigenvalue weighted by atomic mass is 16.6. The van der Waals surface area contributed by atoms with Gasteiger partial charge < -0.3 is 14.2 Å². The van der Waals surface area contributed by atoms with E-state index in [0.717, 1.165) is 10.0 Å². The van der Waals surface area contributed by atoms with Gasteiger partial charge in [0.2, 0.25) is 6.23 Å². The van der Waals surface area contributed by atoms with Crippen molar-refractivity contribution in [3.05, 3.63) is 41.6 Å². The van der Waals surface area contributed by atoms with Gasteiger partial charge in [-0.05, 0) is 39.8 Å². The molecule has 26 heavy (non-hydrogen) atoms. The Morgan fingerprint density at radius 1 is 1.04 bits per heavy atom. The Morgan fingerprint density at radius 3 is 2.31 bits per heavy atom. The maximum Gasteiger partial charge on any atom is 0.433 e. The average Bonchev–Trinajstić information content (AvgIpc) is 2.94. The van der Waals surface area contributed by atoms with Crippen LogP contribution in [0.25, 0.3) is 0 Å². The van der Waals surface area contributed by atoms with E-state index in [-0.39, 0.29) is 11.4 Å². The van der Waals surface area contributed by atoms with Gasteiger partial charge in [-0.3, -0.25) is 4.79 Å². The largest absolute Gasteiger partial charge is 0.463 e. The number of nitrogens with zero attached hydrogens (tertiary/aromatic N) is 2. The van der Waals surface area contributed by atoms with E-state index in [4.69, 9.17) is 14.2 Å². The predicted molar refractivity (Wildman–Crippen MR) is 90.2 cm³/mol. The third-order valence-corrected chi connectivity index (χ3v) is 3.66. The molecule has 0 bridgehead atoms. The summed E-state index contributed by atoms with van der Waals surface area (Å²) in [5, 5.41) is 1.88. The quantitative estimate of drug-likeness (QED) is 0.806. The Bertz CT molecular complexity index is 786. The Morgan fingerprint density at radius 2 is 1.65 bits per heavy atom. The summed E-state index contributed by atoms with van der Waals surface area (Å²) in [6.07, 6.45) is -2.27. The Hall–Kier alpha value is -3.03. The molecular weight excluding hydrogens is 340 g/mol. The van der Waals surface area contributed by atoms with Crippen molar-refractivity contribution >= 4 is 18.0 Å². The highest BCUT2D eigenvalue weighted by Crippen LogP contribution is 2.36. The molecule has 3 rings (SSSR count). The number of benzene rings is 1. The normalized spacial score (nSPS) is 18.3. The molecule has 1 unspecified atom stereocenters. The van der Waals surface area contributed by atoms with Gasteiger partial charge in [-0.15, -0.1) is 0 Å². The number of hydrazine groups is 1. The summed E-state index contributed by atoms with van der Waals surface area (Å²) >= 11 is 0. The van der Waals surface area contributed by atoms with E-state index in [2.05, 4.69) is 0 Å². The molecule has 0 saturated carbocycles. The lowest BCUT2D eigenvalue weighted by Crippen LogP contribution is -2.52. The van der Waals surface area contributed by atoms with Gasteiger partial charge in [0, 0.05) is 6.20 Å². The molecule has 8 heteroatoms. The van der Waals surface area contributed by atoms with Crippen LogP contribution < -0.4 is 4.74 Å². The summed E-state index contributed by atoms with van der Waals surface area (Å²) in [6.45, 7) is 6.73. The fourth-order valence-corrected chi connectivity index (χ4v) is 2.66. The number of carbonyl (C=O) groups excluding carboxylic acids is 3. The van der Waals surface area contributed by atoms with E-state index >= 15 is 0 Å². The predicted octanol–water partition coefficient (Wildman–Crippen LogP) is 3.09. The van der Waals surface area contributed by atoms with Crippen molar-refractivity contribution < 1.29 is 28.6 Å². The van der Waals surface area contributed by atoms with Gasteiger partial charge in [-0.2, -0.15) is 10.0 Å². The van der Waals surface area contributed by atoms with Crippen molar-refractivity contribution in [1.82, 2.24) is 10.0 Å². The van der Waals surface area contributed by atoms with Crippen molar-refractivity contribution in [2.75, 3.05) is 0 Å². The number of carbonyl (C=O) groups is 3. The molecule has 1 aromatic rings. The zero-order valence-corrected chi connectivity index (χ0v) is 15.0. The molecule has 1 aromatic carbocycles. The van der Waals surface area contributed by atoms with Crippen LogP contribution in [0.15, 0.2) is 36.0 Å². The molecule has 2 amide bonds. The number of hydrogen-bond acceptors (Lipinski definition) is 6.